The van der Waals surface area contributed by atoms with Crippen molar-refractivity contribution in [2.75, 3.05) is 0 Å². The SMILES string of the molecule is CC(N)(C(=O)O)c1cccnc1Cl. The highest BCUT2D eigenvalue weighted by molar-refractivity contribution is 6.30. The van der Waals surface area contributed by atoms with Gasteiger partial charge in [-0.3, -0.25) is 0 Å². The average Bonchev–Trinajstić information content (AvgIpc) is 2.04. The van der Waals surface area contributed by atoms with Crippen molar-refractivity contribution in [1.82, 2.24) is 4.98 Å². The molecule has 0 radical (unpaired) electrons. The Labute approximate surface area is 80.3 Å². The third kappa shape index (κ3) is 1.79. The van der Waals surface area contributed by atoms with E-state index in [-0.39, 0.29) is 5.15 Å². The number of halogens is 1. The minimum Gasteiger partial charge on any atom is -0.480 e. The van der Waals surface area contributed by atoms with Crippen molar-refractivity contribution in [2.24, 2.45) is 5.73 Å². The first-order valence-electron chi connectivity index (χ1n) is 3.59. The van der Waals surface area contributed by atoms with Gasteiger partial charge in [-0.05, 0) is 13.0 Å². The summed E-state index contributed by atoms with van der Waals surface area (Å²) in [5, 5.41) is 8.93. The van der Waals surface area contributed by atoms with Crippen LogP contribution in [0.5, 0.6) is 0 Å². The van der Waals surface area contributed by atoms with E-state index in [4.69, 9.17) is 22.4 Å². The number of carboxylic acids is 1. The highest BCUT2D eigenvalue weighted by atomic mass is 35.5. The molecule has 0 bridgehead atoms. The van der Waals surface area contributed by atoms with Crippen LogP contribution in [0.25, 0.3) is 0 Å². The van der Waals surface area contributed by atoms with Crippen LogP contribution in [0.4, 0.5) is 0 Å². The molecule has 70 valence electrons. The Hall–Kier alpha value is -1.13. The second-order valence-corrected chi connectivity index (χ2v) is 3.21. The lowest BCUT2D eigenvalue weighted by Gasteiger charge is -2.19. The maximum Gasteiger partial charge on any atom is 0.328 e. The fourth-order valence-corrected chi connectivity index (χ4v) is 1.20. The highest BCUT2D eigenvalue weighted by Gasteiger charge is 2.32. The number of carbonyl (C=O) groups is 1. The summed E-state index contributed by atoms with van der Waals surface area (Å²) in [6, 6.07) is 3.14. The number of nitrogens with two attached hydrogens (primary N) is 1. The van der Waals surface area contributed by atoms with Gasteiger partial charge < -0.3 is 10.8 Å². The predicted molar refractivity (Wildman–Crippen MR) is 48.4 cm³/mol. The van der Waals surface area contributed by atoms with Crippen molar-refractivity contribution in [2.45, 2.75) is 12.5 Å². The van der Waals surface area contributed by atoms with Crippen LogP contribution in [0.3, 0.4) is 0 Å². The topological polar surface area (TPSA) is 76.2 Å². The van der Waals surface area contributed by atoms with Gasteiger partial charge in [-0.25, -0.2) is 9.78 Å². The van der Waals surface area contributed by atoms with E-state index in [0.717, 1.165) is 0 Å². The third-order valence-corrected chi connectivity index (χ3v) is 2.06. The summed E-state index contributed by atoms with van der Waals surface area (Å²) in [7, 11) is 0. The molecule has 0 saturated heterocycles. The molecule has 5 heteroatoms. The number of hydrogen-bond donors (Lipinski definition) is 2. The second kappa shape index (κ2) is 3.32. The summed E-state index contributed by atoms with van der Waals surface area (Å²) in [4.78, 5) is 14.5. The van der Waals surface area contributed by atoms with Gasteiger partial charge in [0.05, 0.1) is 0 Å². The Kier molecular flexibility index (Phi) is 2.54. The van der Waals surface area contributed by atoms with Crippen molar-refractivity contribution in [3.05, 3.63) is 29.0 Å². The van der Waals surface area contributed by atoms with Gasteiger partial charge >= 0.3 is 5.97 Å². The monoisotopic (exact) mass is 200 g/mol. The summed E-state index contributed by atoms with van der Waals surface area (Å²) in [5.41, 5.74) is 4.37. The zero-order valence-corrected chi connectivity index (χ0v) is 7.75. The Morgan fingerprint density at radius 1 is 1.77 bits per heavy atom. The molecule has 0 fully saturated rings. The lowest BCUT2D eigenvalue weighted by molar-refractivity contribution is -0.143. The van der Waals surface area contributed by atoms with E-state index in [1.165, 1.54) is 13.1 Å². The van der Waals surface area contributed by atoms with Crippen LogP contribution < -0.4 is 5.73 Å². The Morgan fingerprint density at radius 2 is 2.38 bits per heavy atom. The number of aromatic nitrogens is 1. The summed E-state index contributed by atoms with van der Waals surface area (Å²) in [5.74, 6) is -1.14. The highest BCUT2D eigenvalue weighted by Crippen LogP contribution is 2.23. The van der Waals surface area contributed by atoms with Gasteiger partial charge in [0.25, 0.3) is 0 Å². The first kappa shape index (κ1) is 9.95. The van der Waals surface area contributed by atoms with E-state index in [0.29, 0.717) is 5.56 Å². The van der Waals surface area contributed by atoms with E-state index in [1.807, 2.05) is 0 Å². The molecule has 0 aliphatic carbocycles. The van der Waals surface area contributed by atoms with Crippen LogP contribution in [0.1, 0.15) is 12.5 Å². The van der Waals surface area contributed by atoms with Gasteiger partial charge in [0, 0.05) is 11.8 Å². The maximum atomic E-state index is 10.8. The fraction of sp³-hybridized carbons (Fsp3) is 0.250. The van der Waals surface area contributed by atoms with Crippen LogP contribution in [-0.2, 0) is 10.3 Å². The molecule has 4 nitrogen and oxygen atoms in total. The first-order valence-corrected chi connectivity index (χ1v) is 3.97. The molecule has 1 atom stereocenters. The molecule has 1 aromatic rings. The van der Waals surface area contributed by atoms with Crippen LogP contribution in [0, 0.1) is 0 Å². The molecule has 1 aromatic heterocycles. The van der Waals surface area contributed by atoms with Crippen molar-refractivity contribution in [3.8, 4) is 0 Å². The van der Waals surface area contributed by atoms with Crippen LogP contribution in [0.2, 0.25) is 5.15 Å². The molecule has 1 unspecified atom stereocenters. The van der Waals surface area contributed by atoms with Crippen molar-refractivity contribution in [1.29, 1.82) is 0 Å². The molecule has 1 rings (SSSR count). The van der Waals surface area contributed by atoms with E-state index in [2.05, 4.69) is 4.98 Å². The van der Waals surface area contributed by atoms with E-state index >= 15 is 0 Å². The zero-order chi connectivity index (χ0) is 10.1. The average molecular weight is 201 g/mol. The Morgan fingerprint density at radius 3 is 2.85 bits per heavy atom. The van der Waals surface area contributed by atoms with E-state index in [1.54, 1.807) is 12.1 Å². The minimum atomic E-state index is -1.49. The quantitative estimate of drug-likeness (QED) is 0.699. The molecule has 0 amide bonds. The molecule has 1 heterocycles. The molecular formula is C8H9ClN2O2. The summed E-state index contributed by atoms with van der Waals surface area (Å²) < 4.78 is 0. The number of aliphatic carboxylic acids is 1. The molecule has 3 N–H and O–H groups in total. The molecule has 0 saturated carbocycles. The number of rotatable bonds is 2. The van der Waals surface area contributed by atoms with Crippen LogP contribution in [-0.4, -0.2) is 16.1 Å². The summed E-state index contributed by atoms with van der Waals surface area (Å²) >= 11 is 5.70. The number of pyridine rings is 1. The fourth-order valence-electron chi connectivity index (χ4n) is 0.889. The van der Waals surface area contributed by atoms with Crippen molar-refractivity contribution >= 4 is 17.6 Å². The molecule has 0 aliphatic heterocycles. The minimum absolute atomic E-state index is 0.120. The molecule has 0 aliphatic rings. The molecule has 13 heavy (non-hydrogen) atoms. The number of hydrogen-bond acceptors (Lipinski definition) is 3. The third-order valence-electron chi connectivity index (χ3n) is 1.76. The van der Waals surface area contributed by atoms with Gasteiger partial charge in [0.1, 0.15) is 10.7 Å². The normalized spacial score (nSPS) is 15.0. The molecule has 0 aromatic carbocycles. The molecular weight excluding hydrogens is 192 g/mol. The number of carboxylic acid groups (broad SMARTS) is 1. The standard InChI is InChI=1S/C8H9ClN2O2/c1-8(10,7(12)13)5-3-2-4-11-6(5)9/h2-4H,10H2,1H3,(H,12,13). The van der Waals surface area contributed by atoms with Gasteiger partial charge in [-0.15, -0.1) is 0 Å². The smallest absolute Gasteiger partial charge is 0.328 e. The van der Waals surface area contributed by atoms with Gasteiger partial charge in [-0.1, -0.05) is 17.7 Å². The lowest BCUT2D eigenvalue weighted by atomic mass is 9.95. The Balaban J connectivity index is 3.22. The van der Waals surface area contributed by atoms with E-state index < -0.39 is 11.5 Å². The lowest BCUT2D eigenvalue weighted by Crippen LogP contribution is -2.42. The van der Waals surface area contributed by atoms with Crippen molar-refractivity contribution < 1.29 is 9.90 Å². The molecule has 0 spiro atoms. The Bertz CT molecular complexity index is 339. The predicted octanol–water partition coefficient (Wildman–Crippen LogP) is 0.993. The maximum absolute atomic E-state index is 10.8. The van der Waals surface area contributed by atoms with Crippen LogP contribution >= 0.6 is 11.6 Å². The van der Waals surface area contributed by atoms with Gasteiger partial charge in [-0.2, -0.15) is 0 Å². The second-order valence-electron chi connectivity index (χ2n) is 2.85. The summed E-state index contributed by atoms with van der Waals surface area (Å²) in [6.07, 6.45) is 1.48. The van der Waals surface area contributed by atoms with Crippen molar-refractivity contribution in [3.63, 3.8) is 0 Å². The van der Waals surface area contributed by atoms with E-state index in [9.17, 15) is 4.79 Å². The van der Waals surface area contributed by atoms with Gasteiger partial charge in [0.2, 0.25) is 0 Å². The zero-order valence-electron chi connectivity index (χ0n) is 6.99. The number of nitrogens with zero attached hydrogens (tertiary/aromatic N) is 1. The first-order chi connectivity index (χ1) is 5.96. The van der Waals surface area contributed by atoms with Crippen LogP contribution in [0.15, 0.2) is 18.3 Å². The van der Waals surface area contributed by atoms with Gasteiger partial charge in [0.15, 0.2) is 0 Å². The largest absolute Gasteiger partial charge is 0.480 e. The summed E-state index contributed by atoms with van der Waals surface area (Å²) in [6.45, 7) is 1.37.